The molecule has 3 nitrogen and oxygen atoms in total. The third-order valence-corrected chi connectivity index (χ3v) is 7.90. The Morgan fingerprint density at radius 1 is 0.889 bits per heavy atom. The van der Waals surface area contributed by atoms with Gasteiger partial charge in [0, 0.05) is 24.3 Å². The van der Waals surface area contributed by atoms with Crippen molar-refractivity contribution in [3.8, 4) is 0 Å². The zero-order chi connectivity index (χ0) is 18.5. The highest BCUT2D eigenvalue weighted by Crippen LogP contribution is 2.47. The highest BCUT2D eigenvalue weighted by atomic mass is 16.7. The maximum absolute atomic E-state index is 6.23. The zero-order valence-corrected chi connectivity index (χ0v) is 17.1. The average Bonchev–Trinajstić information content (AvgIpc) is 3.05. The molecule has 0 aromatic heterocycles. The Morgan fingerprint density at radius 3 is 2.26 bits per heavy atom. The molecule has 0 unspecified atom stereocenters. The molecule has 1 aromatic carbocycles. The largest absolute Gasteiger partial charge is 0.349 e. The van der Waals surface area contributed by atoms with E-state index in [1.165, 1.54) is 51.6 Å². The number of nitrogens with zero attached hydrogens (tertiary/aromatic N) is 1. The average molecular weight is 370 g/mol. The fourth-order valence-electron chi connectivity index (χ4n) is 6.03. The summed E-state index contributed by atoms with van der Waals surface area (Å²) in [6.07, 6.45) is 9.92. The van der Waals surface area contributed by atoms with Gasteiger partial charge in [-0.3, -0.25) is 0 Å². The summed E-state index contributed by atoms with van der Waals surface area (Å²) in [5, 5.41) is 0. The van der Waals surface area contributed by atoms with Gasteiger partial charge in [0.2, 0.25) is 0 Å². The van der Waals surface area contributed by atoms with Gasteiger partial charge < -0.3 is 14.4 Å². The van der Waals surface area contributed by atoms with Gasteiger partial charge in [0.05, 0.1) is 13.2 Å². The molecule has 3 fully saturated rings. The number of hydrogen-bond acceptors (Lipinski definition) is 3. The molecular weight excluding hydrogens is 334 g/mol. The zero-order valence-electron chi connectivity index (χ0n) is 17.1. The van der Waals surface area contributed by atoms with Crippen LogP contribution in [0.1, 0.15) is 69.9 Å². The van der Waals surface area contributed by atoms with E-state index in [9.17, 15) is 0 Å². The summed E-state index contributed by atoms with van der Waals surface area (Å²) in [6.45, 7) is 8.67. The lowest BCUT2D eigenvalue weighted by atomic mass is 9.73. The molecule has 5 rings (SSSR count). The van der Waals surface area contributed by atoms with Gasteiger partial charge in [0.25, 0.3) is 0 Å². The van der Waals surface area contributed by atoms with Gasteiger partial charge in [-0.15, -0.1) is 0 Å². The summed E-state index contributed by atoms with van der Waals surface area (Å²) < 4.78 is 12.5. The second-order valence-corrected chi connectivity index (χ2v) is 10.4. The van der Waals surface area contributed by atoms with Crippen molar-refractivity contribution in [3.63, 3.8) is 0 Å². The van der Waals surface area contributed by atoms with Crippen LogP contribution in [0.3, 0.4) is 0 Å². The van der Waals surface area contributed by atoms with Gasteiger partial charge in [0.1, 0.15) is 0 Å². The van der Waals surface area contributed by atoms with E-state index in [2.05, 4.69) is 43.0 Å². The maximum atomic E-state index is 6.23. The molecule has 1 saturated carbocycles. The number of piperidine rings is 1. The lowest BCUT2D eigenvalue weighted by Crippen LogP contribution is -2.53. The molecule has 148 valence electrons. The monoisotopic (exact) mass is 369 g/mol. The number of ether oxygens (including phenoxy) is 2. The Hall–Kier alpha value is -0.900. The normalized spacial score (nSPS) is 29.9. The molecule has 0 bridgehead atoms. The summed E-state index contributed by atoms with van der Waals surface area (Å²) in [7, 11) is 0. The number of rotatable bonds is 1. The first-order valence-corrected chi connectivity index (χ1v) is 11.1. The standard InChI is InChI=1S/C24H35NO2/c1-22(2)17-26-24(27-18-22)11-8-20(9-12-24)25-15-13-23(14-16-25)10-7-19-5-3-4-6-21(19)23/h3-6,20H,7-18H2,1-2H3. The third kappa shape index (κ3) is 3.26. The van der Waals surface area contributed by atoms with Crippen LogP contribution in [0, 0.1) is 5.41 Å². The second kappa shape index (κ2) is 6.57. The van der Waals surface area contributed by atoms with Crippen LogP contribution in [0.25, 0.3) is 0 Å². The molecule has 0 radical (unpaired) electrons. The lowest BCUT2D eigenvalue weighted by Gasteiger charge is -2.50. The molecular formula is C24H35NO2. The molecule has 3 heteroatoms. The predicted molar refractivity (Wildman–Crippen MR) is 108 cm³/mol. The van der Waals surface area contributed by atoms with Crippen LogP contribution in [0.2, 0.25) is 0 Å². The number of aryl methyl sites for hydroxylation is 1. The highest BCUT2D eigenvalue weighted by Gasteiger charge is 2.46. The number of likely N-dealkylation sites (tertiary alicyclic amines) is 1. The molecule has 2 aliphatic heterocycles. The second-order valence-electron chi connectivity index (χ2n) is 10.4. The Balaban J connectivity index is 1.18. The van der Waals surface area contributed by atoms with Crippen molar-refractivity contribution < 1.29 is 9.47 Å². The summed E-state index contributed by atoms with van der Waals surface area (Å²) >= 11 is 0. The molecule has 4 aliphatic rings. The summed E-state index contributed by atoms with van der Waals surface area (Å²) in [5.41, 5.74) is 3.92. The fraction of sp³-hybridized carbons (Fsp3) is 0.750. The molecule has 0 amide bonds. The molecule has 2 heterocycles. The van der Waals surface area contributed by atoms with Crippen LogP contribution in [-0.4, -0.2) is 43.0 Å². The van der Waals surface area contributed by atoms with Crippen molar-refractivity contribution in [3.05, 3.63) is 35.4 Å². The SMILES string of the molecule is CC1(C)COC2(CCC(N3CCC4(CCc5ccccc54)CC3)CC2)OC1. The van der Waals surface area contributed by atoms with Gasteiger partial charge in [0.15, 0.2) is 5.79 Å². The Morgan fingerprint density at radius 2 is 1.56 bits per heavy atom. The van der Waals surface area contributed by atoms with Gasteiger partial charge in [-0.05, 0) is 68.2 Å². The van der Waals surface area contributed by atoms with Gasteiger partial charge in [-0.25, -0.2) is 0 Å². The first-order chi connectivity index (χ1) is 13.0. The van der Waals surface area contributed by atoms with E-state index < -0.39 is 0 Å². The Bertz CT molecular complexity index is 669. The van der Waals surface area contributed by atoms with Crippen molar-refractivity contribution in [2.75, 3.05) is 26.3 Å². The number of fused-ring (bicyclic) bond motifs is 2. The maximum Gasteiger partial charge on any atom is 0.168 e. The minimum Gasteiger partial charge on any atom is -0.349 e. The van der Waals surface area contributed by atoms with Gasteiger partial charge in [-0.1, -0.05) is 38.1 Å². The van der Waals surface area contributed by atoms with Crippen molar-refractivity contribution in [2.24, 2.45) is 5.41 Å². The van der Waals surface area contributed by atoms with E-state index in [4.69, 9.17) is 9.47 Å². The third-order valence-electron chi connectivity index (χ3n) is 7.90. The quantitative estimate of drug-likeness (QED) is 0.717. The fourth-order valence-corrected chi connectivity index (χ4v) is 6.03. The molecule has 0 atom stereocenters. The van der Waals surface area contributed by atoms with Crippen LogP contribution in [0.5, 0.6) is 0 Å². The van der Waals surface area contributed by atoms with E-state index in [1.807, 2.05) is 0 Å². The van der Waals surface area contributed by atoms with Crippen LogP contribution >= 0.6 is 0 Å². The Kier molecular flexibility index (Phi) is 4.42. The summed E-state index contributed by atoms with van der Waals surface area (Å²) in [4.78, 5) is 2.78. The van der Waals surface area contributed by atoms with Crippen LogP contribution in [-0.2, 0) is 21.3 Å². The number of hydrogen-bond donors (Lipinski definition) is 0. The first-order valence-electron chi connectivity index (χ1n) is 11.1. The van der Waals surface area contributed by atoms with Crippen LogP contribution < -0.4 is 0 Å². The molecule has 0 N–H and O–H groups in total. The molecule has 2 spiro atoms. The van der Waals surface area contributed by atoms with Crippen LogP contribution in [0.4, 0.5) is 0 Å². The van der Waals surface area contributed by atoms with Crippen molar-refractivity contribution in [1.29, 1.82) is 0 Å². The minimum absolute atomic E-state index is 0.168. The van der Waals surface area contributed by atoms with Gasteiger partial charge in [-0.2, -0.15) is 0 Å². The van der Waals surface area contributed by atoms with E-state index in [1.54, 1.807) is 11.1 Å². The van der Waals surface area contributed by atoms with Crippen molar-refractivity contribution in [1.82, 2.24) is 4.90 Å². The summed E-state index contributed by atoms with van der Waals surface area (Å²) in [6, 6.07) is 9.93. The predicted octanol–water partition coefficient (Wildman–Crippen LogP) is 4.68. The molecule has 2 aliphatic carbocycles. The molecule has 2 saturated heterocycles. The topological polar surface area (TPSA) is 21.7 Å². The van der Waals surface area contributed by atoms with E-state index in [0.717, 1.165) is 32.1 Å². The first kappa shape index (κ1) is 18.1. The minimum atomic E-state index is -0.270. The van der Waals surface area contributed by atoms with E-state index in [0.29, 0.717) is 5.41 Å². The van der Waals surface area contributed by atoms with E-state index >= 15 is 0 Å². The van der Waals surface area contributed by atoms with Crippen molar-refractivity contribution >= 4 is 0 Å². The number of benzene rings is 1. The highest BCUT2D eigenvalue weighted by molar-refractivity contribution is 5.39. The Labute approximate surface area is 164 Å². The molecule has 27 heavy (non-hydrogen) atoms. The van der Waals surface area contributed by atoms with E-state index in [-0.39, 0.29) is 11.2 Å². The lowest BCUT2D eigenvalue weighted by molar-refractivity contribution is -0.312. The molecule has 1 aromatic rings. The van der Waals surface area contributed by atoms with Crippen molar-refractivity contribution in [2.45, 2.75) is 82.5 Å². The van der Waals surface area contributed by atoms with Gasteiger partial charge >= 0.3 is 0 Å². The van der Waals surface area contributed by atoms with Crippen LogP contribution in [0.15, 0.2) is 24.3 Å². The summed E-state index contributed by atoms with van der Waals surface area (Å²) in [5.74, 6) is -0.270. The smallest absolute Gasteiger partial charge is 0.168 e.